The summed E-state index contributed by atoms with van der Waals surface area (Å²) in [6.45, 7) is 1.15. The Hall–Kier alpha value is -4.06. The molecular formula is C29H28ClN3O5. The summed E-state index contributed by atoms with van der Waals surface area (Å²) in [6, 6.07) is 21.5. The molecule has 2 amide bonds. The Bertz CT molecular complexity index is 1330. The van der Waals surface area contributed by atoms with Gasteiger partial charge in [0, 0.05) is 47.9 Å². The van der Waals surface area contributed by atoms with Crippen LogP contribution in [0.3, 0.4) is 0 Å². The maximum absolute atomic E-state index is 12.9. The van der Waals surface area contributed by atoms with Gasteiger partial charge in [-0.15, -0.1) is 0 Å². The second kappa shape index (κ2) is 12.5. The van der Waals surface area contributed by atoms with Crippen molar-refractivity contribution in [3.63, 3.8) is 0 Å². The van der Waals surface area contributed by atoms with E-state index in [0.717, 1.165) is 11.3 Å². The van der Waals surface area contributed by atoms with Crippen LogP contribution in [0.4, 0.5) is 5.69 Å². The van der Waals surface area contributed by atoms with E-state index < -0.39 is 5.54 Å². The number of halogens is 1. The van der Waals surface area contributed by atoms with Gasteiger partial charge in [0.1, 0.15) is 23.6 Å². The molecule has 196 valence electrons. The van der Waals surface area contributed by atoms with E-state index in [1.165, 1.54) is 0 Å². The molecule has 3 aromatic rings. The predicted octanol–water partition coefficient (Wildman–Crippen LogP) is 4.91. The summed E-state index contributed by atoms with van der Waals surface area (Å²) < 4.78 is 16.5. The third kappa shape index (κ3) is 7.03. The van der Waals surface area contributed by atoms with E-state index in [0.29, 0.717) is 60.2 Å². The maximum atomic E-state index is 12.9. The van der Waals surface area contributed by atoms with Gasteiger partial charge in [0.2, 0.25) is 5.91 Å². The number of nitrogens with zero attached hydrogens (tertiary/aromatic N) is 1. The van der Waals surface area contributed by atoms with Crippen LogP contribution in [-0.2, 0) is 22.6 Å². The zero-order chi connectivity index (χ0) is 27.0. The molecule has 4 rings (SSSR count). The minimum Gasteiger partial charge on any atom is -0.497 e. The number of hydrogen-bond acceptors (Lipinski definition) is 6. The van der Waals surface area contributed by atoms with E-state index in [-0.39, 0.29) is 18.2 Å². The Morgan fingerprint density at radius 1 is 1.08 bits per heavy atom. The average Bonchev–Trinajstić information content (AvgIpc) is 2.93. The summed E-state index contributed by atoms with van der Waals surface area (Å²) in [5, 5.41) is 15.8. The fraction of sp³-hybridized carbons (Fsp3) is 0.276. The van der Waals surface area contributed by atoms with Crippen molar-refractivity contribution in [1.82, 2.24) is 5.32 Å². The first kappa shape index (κ1) is 27.0. The first-order chi connectivity index (χ1) is 18.4. The zero-order valence-electron chi connectivity index (χ0n) is 21.0. The van der Waals surface area contributed by atoms with Crippen LogP contribution in [0.25, 0.3) is 0 Å². The third-order valence-corrected chi connectivity index (χ3v) is 6.48. The van der Waals surface area contributed by atoms with Crippen LogP contribution < -0.4 is 20.1 Å². The lowest BCUT2D eigenvalue weighted by atomic mass is 9.91. The molecule has 1 saturated heterocycles. The molecule has 1 heterocycles. The van der Waals surface area contributed by atoms with Gasteiger partial charge in [-0.1, -0.05) is 29.8 Å². The highest BCUT2D eigenvalue weighted by atomic mass is 35.5. The van der Waals surface area contributed by atoms with Gasteiger partial charge in [0.25, 0.3) is 5.91 Å². The lowest BCUT2D eigenvalue weighted by molar-refractivity contribution is -0.115. The minimum atomic E-state index is -0.955. The Kier molecular flexibility index (Phi) is 8.85. The molecule has 0 saturated carbocycles. The molecule has 3 aromatic carbocycles. The largest absolute Gasteiger partial charge is 0.497 e. The monoisotopic (exact) mass is 533 g/mol. The van der Waals surface area contributed by atoms with Crippen LogP contribution >= 0.6 is 11.6 Å². The number of rotatable bonds is 9. The van der Waals surface area contributed by atoms with Gasteiger partial charge in [-0.2, -0.15) is 5.26 Å². The van der Waals surface area contributed by atoms with Crippen molar-refractivity contribution in [3.05, 3.63) is 88.4 Å². The van der Waals surface area contributed by atoms with Gasteiger partial charge in [0.15, 0.2) is 0 Å². The molecule has 8 nitrogen and oxygen atoms in total. The smallest absolute Gasteiger partial charge is 0.252 e. The molecule has 9 heteroatoms. The fourth-order valence-corrected chi connectivity index (χ4v) is 4.29. The lowest BCUT2D eigenvalue weighted by Crippen LogP contribution is -2.50. The van der Waals surface area contributed by atoms with Crippen LogP contribution in [0.5, 0.6) is 11.5 Å². The highest BCUT2D eigenvalue weighted by molar-refractivity contribution is 6.30. The molecule has 0 bridgehead atoms. The summed E-state index contributed by atoms with van der Waals surface area (Å²) in [5.41, 5.74) is 1.43. The van der Waals surface area contributed by atoms with Crippen molar-refractivity contribution in [1.29, 1.82) is 5.26 Å². The number of carbonyl (C=O) groups excluding carboxylic acids is 2. The molecule has 0 spiro atoms. The number of methoxy groups -OCH3 is 1. The zero-order valence-corrected chi connectivity index (χ0v) is 21.7. The van der Waals surface area contributed by atoms with Gasteiger partial charge >= 0.3 is 0 Å². The van der Waals surface area contributed by atoms with E-state index in [4.69, 9.17) is 25.8 Å². The predicted molar refractivity (Wildman–Crippen MR) is 143 cm³/mol. The number of hydrogen-bond donors (Lipinski definition) is 2. The first-order valence-electron chi connectivity index (χ1n) is 12.2. The molecule has 0 unspecified atom stereocenters. The highest BCUT2D eigenvalue weighted by Gasteiger charge is 2.34. The van der Waals surface area contributed by atoms with Gasteiger partial charge in [-0.3, -0.25) is 9.59 Å². The van der Waals surface area contributed by atoms with Gasteiger partial charge < -0.3 is 24.8 Å². The number of anilines is 1. The van der Waals surface area contributed by atoms with Crippen molar-refractivity contribution in [2.45, 2.75) is 31.4 Å². The maximum Gasteiger partial charge on any atom is 0.252 e. The van der Waals surface area contributed by atoms with E-state index in [2.05, 4.69) is 16.7 Å². The number of ether oxygens (including phenoxy) is 3. The Morgan fingerprint density at radius 3 is 2.55 bits per heavy atom. The van der Waals surface area contributed by atoms with Gasteiger partial charge in [0.05, 0.1) is 19.6 Å². The van der Waals surface area contributed by atoms with Crippen LogP contribution in [-0.4, -0.2) is 37.7 Å². The summed E-state index contributed by atoms with van der Waals surface area (Å²) in [6.07, 6.45) is 0.870. The SMILES string of the molecule is COc1ccc(COc2ccc(Cl)cc2CC(=O)Nc2cccc(C(=O)NC3(C#N)CCOCC3)c2)cc1. The lowest BCUT2D eigenvalue weighted by Gasteiger charge is -2.31. The summed E-state index contributed by atoms with van der Waals surface area (Å²) in [4.78, 5) is 25.8. The number of nitrogens with one attached hydrogen (secondary N) is 2. The average molecular weight is 534 g/mol. The van der Waals surface area contributed by atoms with Crippen molar-refractivity contribution >= 4 is 29.1 Å². The van der Waals surface area contributed by atoms with Gasteiger partial charge in [-0.05, 0) is 54.1 Å². The Balaban J connectivity index is 1.40. The molecule has 0 aliphatic carbocycles. The van der Waals surface area contributed by atoms with Crippen molar-refractivity contribution in [2.75, 3.05) is 25.6 Å². The summed E-state index contributed by atoms with van der Waals surface area (Å²) in [5.74, 6) is 0.629. The fourth-order valence-electron chi connectivity index (χ4n) is 4.10. The molecule has 2 N–H and O–H groups in total. The Morgan fingerprint density at radius 2 is 1.84 bits per heavy atom. The minimum absolute atomic E-state index is 0.0203. The molecule has 0 aromatic heterocycles. The number of benzene rings is 3. The molecule has 1 aliphatic rings. The highest BCUT2D eigenvalue weighted by Crippen LogP contribution is 2.26. The van der Waals surface area contributed by atoms with Crippen molar-refractivity contribution in [2.24, 2.45) is 0 Å². The van der Waals surface area contributed by atoms with E-state index in [1.54, 1.807) is 49.6 Å². The second-order valence-electron chi connectivity index (χ2n) is 8.95. The van der Waals surface area contributed by atoms with Crippen molar-refractivity contribution < 1.29 is 23.8 Å². The summed E-state index contributed by atoms with van der Waals surface area (Å²) >= 11 is 6.19. The molecule has 38 heavy (non-hydrogen) atoms. The van der Waals surface area contributed by atoms with Crippen molar-refractivity contribution in [3.8, 4) is 17.6 Å². The number of carbonyl (C=O) groups is 2. The van der Waals surface area contributed by atoms with Crippen LogP contribution in [0.15, 0.2) is 66.7 Å². The molecule has 0 atom stereocenters. The van der Waals surface area contributed by atoms with Crippen LogP contribution in [0.2, 0.25) is 5.02 Å². The topological polar surface area (TPSA) is 110 Å². The third-order valence-electron chi connectivity index (χ3n) is 6.25. The van der Waals surface area contributed by atoms with E-state index >= 15 is 0 Å². The van der Waals surface area contributed by atoms with E-state index in [9.17, 15) is 14.9 Å². The molecule has 1 aliphatic heterocycles. The second-order valence-corrected chi connectivity index (χ2v) is 9.39. The van der Waals surface area contributed by atoms with Crippen LogP contribution in [0, 0.1) is 11.3 Å². The Labute approximate surface area is 226 Å². The van der Waals surface area contributed by atoms with Crippen LogP contribution in [0.1, 0.15) is 34.3 Å². The molecule has 1 fully saturated rings. The molecular weight excluding hydrogens is 506 g/mol. The normalized spacial score (nSPS) is 14.1. The number of nitriles is 1. The first-order valence-corrected chi connectivity index (χ1v) is 12.5. The molecule has 0 radical (unpaired) electrons. The van der Waals surface area contributed by atoms with Gasteiger partial charge in [-0.25, -0.2) is 0 Å². The quantitative estimate of drug-likeness (QED) is 0.404. The summed E-state index contributed by atoms with van der Waals surface area (Å²) in [7, 11) is 1.61. The standard InChI is InChI=1S/C29H28ClN3O5/c1-36-25-8-5-20(6-9-25)18-38-26-10-7-23(30)15-22(26)17-27(34)32-24-4-2-3-21(16-24)28(35)33-29(19-31)11-13-37-14-12-29/h2-10,15-16H,11-14,17-18H2,1H3,(H,32,34)(H,33,35). The number of amides is 2. The van der Waals surface area contributed by atoms with E-state index in [1.807, 2.05) is 24.3 Å².